The lowest BCUT2D eigenvalue weighted by Crippen LogP contribution is -2.43. The molecule has 1 aliphatic carbocycles. The molecule has 0 amide bonds. The van der Waals surface area contributed by atoms with Crippen molar-refractivity contribution in [3.05, 3.63) is 42.5 Å². The molecule has 2 N–H and O–H groups in total. The van der Waals surface area contributed by atoms with Gasteiger partial charge in [0.25, 0.3) is 0 Å². The van der Waals surface area contributed by atoms with Gasteiger partial charge < -0.3 is 20.1 Å². The van der Waals surface area contributed by atoms with Gasteiger partial charge in [-0.3, -0.25) is 4.98 Å². The van der Waals surface area contributed by atoms with Gasteiger partial charge in [0.2, 0.25) is 0 Å². The van der Waals surface area contributed by atoms with Crippen LogP contribution in [0.15, 0.2) is 36.8 Å². The molecule has 2 aromatic rings. The Kier molecular flexibility index (Phi) is 5.27. The SMILES string of the molecule is C=C1CNc2ncc(-c3ccc(C(C)(C)O)nc3)nc2N1C1CCC(OC)CC1. The van der Waals surface area contributed by atoms with Crippen LogP contribution in [0.5, 0.6) is 0 Å². The van der Waals surface area contributed by atoms with Crippen LogP contribution in [-0.4, -0.2) is 45.9 Å². The predicted octanol–water partition coefficient (Wildman–Crippen LogP) is 3.47. The fourth-order valence-corrected chi connectivity index (χ4v) is 4.11. The molecule has 0 spiro atoms. The van der Waals surface area contributed by atoms with Gasteiger partial charge in [0.05, 0.1) is 30.2 Å². The summed E-state index contributed by atoms with van der Waals surface area (Å²) >= 11 is 0. The molecule has 1 saturated carbocycles. The van der Waals surface area contributed by atoms with Gasteiger partial charge >= 0.3 is 0 Å². The maximum atomic E-state index is 10.1. The largest absolute Gasteiger partial charge is 0.384 e. The summed E-state index contributed by atoms with van der Waals surface area (Å²) < 4.78 is 5.53. The molecule has 154 valence electrons. The van der Waals surface area contributed by atoms with Crippen molar-refractivity contribution < 1.29 is 9.84 Å². The van der Waals surface area contributed by atoms with E-state index in [1.54, 1.807) is 33.4 Å². The minimum Gasteiger partial charge on any atom is -0.384 e. The summed E-state index contributed by atoms with van der Waals surface area (Å²) in [5.74, 6) is 1.61. The number of hydrogen-bond donors (Lipinski definition) is 2. The highest BCUT2D eigenvalue weighted by atomic mass is 16.5. The molecular weight excluding hydrogens is 366 g/mol. The Morgan fingerprint density at radius 3 is 2.55 bits per heavy atom. The van der Waals surface area contributed by atoms with Gasteiger partial charge in [0, 0.05) is 30.6 Å². The van der Waals surface area contributed by atoms with Crippen molar-refractivity contribution >= 4 is 11.6 Å². The van der Waals surface area contributed by atoms with Gasteiger partial charge in [0.1, 0.15) is 5.60 Å². The molecule has 2 aliphatic rings. The Labute approximate surface area is 171 Å². The number of aliphatic hydroxyl groups is 1. The molecular formula is C22H29N5O2. The van der Waals surface area contributed by atoms with Crippen LogP contribution in [-0.2, 0) is 10.3 Å². The zero-order valence-corrected chi connectivity index (χ0v) is 17.4. The summed E-state index contributed by atoms with van der Waals surface area (Å²) in [7, 11) is 1.79. The lowest BCUT2D eigenvalue weighted by atomic mass is 9.91. The molecule has 1 aliphatic heterocycles. The molecule has 29 heavy (non-hydrogen) atoms. The first-order valence-corrected chi connectivity index (χ1v) is 10.2. The van der Waals surface area contributed by atoms with Crippen LogP contribution in [0, 0.1) is 0 Å². The van der Waals surface area contributed by atoms with E-state index in [2.05, 4.69) is 26.8 Å². The first kappa shape index (κ1) is 19.8. The molecule has 0 atom stereocenters. The van der Waals surface area contributed by atoms with Crippen LogP contribution in [0.3, 0.4) is 0 Å². The highest BCUT2D eigenvalue weighted by molar-refractivity contribution is 5.72. The second-order valence-electron chi connectivity index (χ2n) is 8.37. The molecule has 7 nitrogen and oxygen atoms in total. The summed E-state index contributed by atoms with van der Waals surface area (Å²) in [6.45, 7) is 8.39. The Morgan fingerprint density at radius 2 is 1.93 bits per heavy atom. The molecule has 7 heteroatoms. The first-order chi connectivity index (χ1) is 13.9. The van der Waals surface area contributed by atoms with Gasteiger partial charge in [-0.05, 0) is 51.7 Å². The fourth-order valence-electron chi connectivity index (χ4n) is 4.11. The smallest absolute Gasteiger partial charge is 0.176 e. The van der Waals surface area contributed by atoms with Gasteiger partial charge in [-0.1, -0.05) is 6.58 Å². The van der Waals surface area contributed by atoms with Gasteiger partial charge in [-0.2, -0.15) is 0 Å². The van der Waals surface area contributed by atoms with Crippen molar-refractivity contribution in [2.75, 3.05) is 23.9 Å². The summed E-state index contributed by atoms with van der Waals surface area (Å²) in [4.78, 5) is 16.2. The number of fused-ring (bicyclic) bond motifs is 1. The van der Waals surface area contributed by atoms with E-state index in [4.69, 9.17) is 9.72 Å². The Balaban J connectivity index is 1.64. The van der Waals surface area contributed by atoms with Crippen molar-refractivity contribution in [1.29, 1.82) is 0 Å². The number of nitrogens with one attached hydrogen (secondary N) is 1. The summed E-state index contributed by atoms with van der Waals surface area (Å²) in [5.41, 5.74) is 2.29. The molecule has 1 fully saturated rings. The lowest BCUT2D eigenvalue weighted by molar-refractivity contribution is 0.0660. The lowest BCUT2D eigenvalue weighted by Gasteiger charge is -2.41. The number of aromatic nitrogens is 3. The van der Waals surface area contributed by atoms with E-state index < -0.39 is 5.60 Å². The number of anilines is 2. The Hall–Kier alpha value is -2.51. The molecule has 4 rings (SSSR count). The summed E-state index contributed by atoms with van der Waals surface area (Å²) in [5, 5.41) is 13.5. The van der Waals surface area contributed by atoms with Gasteiger partial charge in [-0.15, -0.1) is 0 Å². The van der Waals surface area contributed by atoms with Gasteiger partial charge in [0.15, 0.2) is 11.6 Å². The molecule has 2 aromatic heterocycles. The number of rotatable bonds is 4. The van der Waals surface area contributed by atoms with E-state index in [0.29, 0.717) is 24.4 Å². The van der Waals surface area contributed by atoms with Crippen LogP contribution in [0.1, 0.15) is 45.2 Å². The first-order valence-electron chi connectivity index (χ1n) is 10.2. The highest BCUT2D eigenvalue weighted by Crippen LogP contribution is 2.37. The molecule has 0 bridgehead atoms. The zero-order valence-electron chi connectivity index (χ0n) is 17.4. The number of pyridine rings is 1. The highest BCUT2D eigenvalue weighted by Gasteiger charge is 2.32. The second kappa shape index (κ2) is 7.72. The van der Waals surface area contributed by atoms with Crippen molar-refractivity contribution in [3.8, 4) is 11.3 Å². The summed E-state index contributed by atoms with van der Waals surface area (Å²) in [6.07, 6.45) is 8.03. The standard InChI is InChI=1S/C22H29N5O2/c1-14-11-24-20-21(27(14)16-6-8-17(29-4)9-7-16)26-18(13-25-20)15-5-10-19(23-12-15)22(2,3)28/h5,10,12-13,16-17,28H,1,6-9,11H2,2-4H3,(H,24,25). The molecule has 3 heterocycles. The van der Waals surface area contributed by atoms with Crippen molar-refractivity contribution in [2.45, 2.75) is 57.3 Å². The third-order valence-electron chi connectivity index (χ3n) is 5.81. The van der Waals surface area contributed by atoms with Crippen molar-refractivity contribution in [2.24, 2.45) is 0 Å². The molecule has 0 unspecified atom stereocenters. The van der Waals surface area contributed by atoms with E-state index in [0.717, 1.165) is 54.3 Å². The third kappa shape index (κ3) is 3.97. The predicted molar refractivity (Wildman–Crippen MR) is 114 cm³/mol. The quantitative estimate of drug-likeness (QED) is 0.820. The molecule has 0 saturated heterocycles. The van der Waals surface area contributed by atoms with E-state index in [1.807, 2.05) is 12.1 Å². The van der Waals surface area contributed by atoms with E-state index in [1.165, 1.54) is 0 Å². The van der Waals surface area contributed by atoms with Crippen LogP contribution >= 0.6 is 0 Å². The minimum atomic E-state index is -0.973. The molecule has 0 aromatic carbocycles. The monoisotopic (exact) mass is 395 g/mol. The Morgan fingerprint density at radius 1 is 1.17 bits per heavy atom. The topological polar surface area (TPSA) is 83.4 Å². The molecule has 0 radical (unpaired) electrons. The maximum absolute atomic E-state index is 10.1. The van der Waals surface area contributed by atoms with Crippen LogP contribution in [0.25, 0.3) is 11.3 Å². The van der Waals surface area contributed by atoms with E-state index >= 15 is 0 Å². The van der Waals surface area contributed by atoms with Crippen molar-refractivity contribution in [1.82, 2.24) is 15.0 Å². The van der Waals surface area contributed by atoms with Crippen LogP contribution in [0.4, 0.5) is 11.6 Å². The maximum Gasteiger partial charge on any atom is 0.176 e. The van der Waals surface area contributed by atoms with Crippen LogP contribution in [0.2, 0.25) is 0 Å². The normalized spacial score (nSPS) is 22.2. The Bertz CT molecular complexity index is 883. The van der Waals surface area contributed by atoms with E-state index in [-0.39, 0.29) is 0 Å². The average molecular weight is 396 g/mol. The van der Waals surface area contributed by atoms with Crippen molar-refractivity contribution in [3.63, 3.8) is 0 Å². The van der Waals surface area contributed by atoms with E-state index in [9.17, 15) is 5.11 Å². The minimum absolute atomic E-state index is 0.347. The average Bonchev–Trinajstić information content (AvgIpc) is 2.73. The number of ether oxygens (including phenoxy) is 1. The number of nitrogens with zero attached hydrogens (tertiary/aromatic N) is 4. The zero-order chi connectivity index (χ0) is 20.6. The summed E-state index contributed by atoms with van der Waals surface area (Å²) in [6, 6.07) is 4.11. The number of hydrogen-bond acceptors (Lipinski definition) is 7. The van der Waals surface area contributed by atoms with Gasteiger partial charge in [-0.25, -0.2) is 9.97 Å². The second-order valence-corrected chi connectivity index (χ2v) is 8.37. The fraction of sp³-hybridized carbons (Fsp3) is 0.500. The number of methoxy groups -OCH3 is 1. The third-order valence-corrected chi connectivity index (χ3v) is 5.81. The van der Waals surface area contributed by atoms with Crippen LogP contribution < -0.4 is 10.2 Å².